The molecular weight excluding hydrogens is 347 g/mol. The topological polar surface area (TPSA) is 88.5 Å². The van der Waals surface area contributed by atoms with E-state index in [0.717, 1.165) is 5.52 Å². The van der Waals surface area contributed by atoms with Gasteiger partial charge in [-0.25, -0.2) is 9.37 Å². The standard InChI is InChI=1S/C19H17FN6O/c1-12(10-20)26-11-22-25-19(26)15-6-3-7-17(24-15)23-14-5-2-4-13-18(14)16(27)8-9-21-13/h2-9,11-12H,10H2,1H3,(H,21,27)(H,23,24)/t12-/m1/s1. The molecule has 0 bridgehead atoms. The summed E-state index contributed by atoms with van der Waals surface area (Å²) < 4.78 is 14.7. The van der Waals surface area contributed by atoms with Crippen molar-refractivity contribution >= 4 is 22.4 Å². The summed E-state index contributed by atoms with van der Waals surface area (Å²) in [7, 11) is 0. The van der Waals surface area contributed by atoms with Crippen LogP contribution in [0.25, 0.3) is 22.4 Å². The van der Waals surface area contributed by atoms with Gasteiger partial charge >= 0.3 is 0 Å². The zero-order valence-electron chi connectivity index (χ0n) is 14.6. The molecule has 7 nitrogen and oxygen atoms in total. The minimum atomic E-state index is -0.526. The molecule has 0 radical (unpaired) electrons. The highest BCUT2D eigenvalue weighted by Gasteiger charge is 2.14. The summed E-state index contributed by atoms with van der Waals surface area (Å²) in [5, 5.41) is 11.7. The lowest BCUT2D eigenvalue weighted by Gasteiger charge is -2.12. The molecule has 0 aliphatic heterocycles. The lowest BCUT2D eigenvalue weighted by Crippen LogP contribution is -2.09. The number of rotatable bonds is 5. The molecule has 0 amide bonds. The fourth-order valence-corrected chi connectivity index (χ4v) is 2.92. The first-order chi connectivity index (χ1) is 13.2. The number of alkyl halides is 1. The summed E-state index contributed by atoms with van der Waals surface area (Å²) in [4.78, 5) is 19.9. The normalized spacial score (nSPS) is 12.2. The Bertz CT molecular complexity index is 1150. The lowest BCUT2D eigenvalue weighted by molar-refractivity contribution is 0.378. The van der Waals surface area contributed by atoms with Crippen LogP contribution < -0.4 is 10.7 Å². The summed E-state index contributed by atoms with van der Waals surface area (Å²) in [5.41, 5.74) is 1.87. The third-order valence-electron chi connectivity index (χ3n) is 4.30. The SMILES string of the molecule is C[C@H](CF)n1cnnc1-c1cccc(Nc2cccc3[nH]ccc(=O)c23)n1. The van der Waals surface area contributed by atoms with E-state index < -0.39 is 6.67 Å². The molecule has 0 fully saturated rings. The van der Waals surface area contributed by atoms with Gasteiger partial charge in [0, 0.05) is 12.3 Å². The molecule has 27 heavy (non-hydrogen) atoms. The summed E-state index contributed by atoms with van der Waals surface area (Å²) in [6.07, 6.45) is 3.11. The molecule has 0 aliphatic rings. The van der Waals surface area contributed by atoms with Gasteiger partial charge in [0.15, 0.2) is 11.3 Å². The van der Waals surface area contributed by atoms with Gasteiger partial charge in [-0.3, -0.25) is 4.79 Å². The average molecular weight is 364 g/mol. The van der Waals surface area contributed by atoms with Crippen molar-refractivity contribution in [3.8, 4) is 11.5 Å². The molecule has 0 unspecified atom stereocenters. The smallest absolute Gasteiger partial charge is 0.191 e. The highest BCUT2D eigenvalue weighted by Crippen LogP contribution is 2.24. The highest BCUT2D eigenvalue weighted by molar-refractivity contribution is 5.92. The van der Waals surface area contributed by atoms with E-state index in [9.17, 15) is 9.18 Å². The number of H-pyrrole nitrogens is 1. The van der Waals surface area contributed by atoms with Gasteiger partial charge in [-0.1, -0.05) is 12.1 Å². The first kappa shape index (κ1) is 16.9. The lowest BCUT2D eigenvalue weighted by atomic mass is 10.1. The third-order valence-corrected chi connectivity index (χ3v) is 4.30. The van der Waals surface area contributed by atoms with Gasteiger partial charge in [0.1, 0.15) is 24.5 Å². The van der Waals surface area contributed by atoms with Gasteiger partial charge < -0.3 is 14.9 Å². The molecule has 0 saturated heterocycles. The van der Waals surface area contributed by atoms with E-state index in [1.54, 1.807) is 29.8 Å². The van der Waals surface area contributed by atoms with E-state index >= 15 is 0 Å². The number of halogens is 1. The van der Waals surface area contributed by atoms with Crippen molar-refractivity contribution in [1.82, 2.24) is 24.7 Å². The third kappa shape index (κ3) is 3.17. The number of anilines is 2. The van der Waals surface area contributed by atoms with Crippen LogP contribution in [0.4, 0.5) is 15.9 Å². The molecular formula is C19H17FN6O. The van der Waals surface area contributed by atoms with Crippen molar-refractivity contribution in [1.29, 1.82) is 0 Å². The maximum Gasteiger partial charge on any atom is 0.191 e. The van der Waals surface area contributed by atoms with E-state index in [0.29, 0.717) is 28.4 Å². The second kappa shape index (κ2) is 6.99. The van der Waals surface area contributed by atoms with Crippen molar-refractivity contribution in [3.05, 3.63) is 65.2 Å². The Balaban J connectivity index is 1.73. The van der Waals surface area contributed by atoms with Gasteiger partial charge in [0.25, 0.3) is 0 Å². The minimum Gasteiger partial charge on any atom is -0.361 e. The number of hydrogen-bond acceptors (Lipinski definition) is 5. The fourth-order valence-electron chi connectivity index (χ4n) is 2.92. The highest BCUT2D eigenvalue weighted by atomic mass is 19.1. The van der Waals surface area contributed by atoms with Crippen LogP contribution in [0.1, 0.15) is 13.0 Å². The van der Waals surface area contributed by atoms with Crippen LogP contribution in [0, 0.1) is 0 Å². The number of aromatic amines is 1. The van der Waals surface area contributed by atoms with E-state index in [1.807, 2.05) is 24.3 Å². The van der Waals surface area contributed by atoms with Crippen molar-refractivity contribution in [2.75, 3.05) is 12.0 Å². The molecule has 0 aliphatic carbocycles. The molecule has 0 spiro atoms. The van der Waals surface area contributed by atoms with Gasteiger partial charge in [0.05, 0.1) is 22.6 Å². The van der Waals surface area contributed by atoms with Crippen LogP contribution >= 0.6 is 0 Å². The number of aromatic nitrogens is 5. The Hall–Kier alpha value is -3.55. The van der Waals surface area contributed by atoms with Crippen LogP contribution in [0.3, 0.4) is 0 Å². The maximum atomic E-state index is 13.1. The number of nitrogens with one attached hydrogen (secondary N) is 2. The second-order valence-corrected chi connectivity index (χ2v) is 6.17. The van der Waals surface area contributed by atoms with Crippen molar-refractivity contribution in [2.45, 2.75) is 13.0 Å². The first-order valence-corrected chi connectivity index (χ1v) is 8.47. The monoisotopic (exact) mass is 364 g/mol. The summed E-state index contributed by atoms with van der Waals surface area (Å²) in [6.45, 7) is 1.22. The van der Waals surface area contributed by atoms with E-state index in [2.05, 4.69) is 25.5 Å². The Morgan fingerprint density at radius 1 is 1.22 bits per heavy atom. The van der Waals surface area contributed by atoms with Crippen molar-refractivity contribution < 1.29 is 4.39 Å². The fraction of sp³-hybridized carbons (Fsp3) is 0.158. The predicted molar refractivity (Wildman–Crippen MR) is 102 cm³/mol. The Labute approximate surface area is 153 Å². The molecule has 1 aromatic carbocycles. The van der Waals surface area contributed by atoms with E-state index in [1.165, 1.54) is 12.4 Å². The number of pyridine rings is 2. The number of hydrogen-bond donors (Lipinski definition) is 2. The average Bonchev–Trinajstić information content (AvgIpc) is 3.18. The molecule has 2 N–H and O–H groups in total. The number of benzene rings is 1. The molecule has 0 saturated carbocycles. The van der Waals surface area contributed by atoms with Gasteiger partial charge in [-0.05, 0) is 31.2 Å². The first-order valence-electron chi connectivity index (χ1n) is 8.47. The molecule has 4 aromatic rings. The van der Waals surface area contributed by atoms with Crippen LogP contribution in [0.2, 0.25) is 0 Å². The quantitative estimate of drug-likeness (QED) is 0.566. The molecule has 1 atom stereocenters. The largest absolute Gasteiger partial charge is 0.361 e. The molecule has 3 heterocycles. The number of fused-ring (bicyclic) bond motifs is 1. The number of nitrogens with zero attached hydrogens (tertiary/aromatic N) is 4. The van der Waals surface area contributed by atoms with Gasteiger partial charge in [-0.15, -0.1) is 10.2 Å². The van der Waals surface area contributed by atoms with Crippen LogP contribution in [0.5, 0.6) is 0 Å². The zero-order valence-corrected chi connectivity index (χ0v) is 14.6. The van der Waals surface area contributed by atoms with Crippen LogP contribution in [0.15, 0.2) is 59.8 Å². The maximum absolute atomic E-state index is 13.1. The van der Waals surface area contributed by atoms with Crippen LogP contribution in [-0.4, -0.2) is 31.4 Å². The van der Waals surface area contributed by atoms with Gasteiger partial charge in [-0.2, -0.15) is 0 Å². The Kier molecular flexibility index (Phi) is 4.37. The molecule has 4 rings (SSSR count). The van der Waals surface area contributed by atoms with E-state index in [4.69, 9.17) is 0 Å². The Morgan fingerprint density at radius 2 is 2.07 bits per heavy atom. The molecule has 3 aromatic heterocycles. The summed E-state index contributed by atoms with van der Waals surface area (Å²) >= 11 is 0. The van der Waals surface area contributed by atoms with Crippen molar-refractivity contribution in [3.63, 3.8) is 0 Å². The van der Waals surface area contributed by atoms with Gasteiger partial charge in [0.2, 0.25) is 0 Å². The second-order valence-electron chi connectivity index (χ2n) is 6.17. The summed E-state index contributed by atoms with van der Waals surface area (Å²) in [6, 6.07) is 12.0. The Morgan fingerprint density at radius 3 is 2.93 bits per heavy atom. The molecule has 136 valence electrons. The van der Waals surface area contributed by atoms with Crippen molar-refractivity contribution in [2.24, 2.45) is 0 Å². The molecule has 8 heteroatoms. The van der Waals surface area contributed by atoms with Crippen LogP contribution in [-0.2, 0) is 0 Å². The summed E-state index contributed by atoms with van der Waals surface area (Å²) in [5.74, 6) is 1.03. The predicted octanol–water partition coefficient (Wildman–Crippen LogP) is 3.46. The minimum absolute atomic E-state index is 0.0838. The zero-order chi connectivity index (χ0) is 18.8. The van der Waals surface area contributed by atoms with E-state index in [-0.39, 0.29) is 11.5 Å².